The summed E-state index contributed by atoms with van der Waals surface area (Å²) in [6, 6.07) is 3.07. The zero-order valence-corrected chi connectivity index (χ0v) is 10.4. The number of hydrogen-bond acceptors (Lipinski definition) is 3. The molecule has 1 unspecified atom stereocenters. The molecule has 1 aromatic rings. The Morgan fingerprint density at radius 2 is 2.28 bits per heavy atom. The van der Waals surface area contributed by atoms with Crippen molar-refractivity contribution in [2.45, 2.75) is 18.9 Å². The Kier molecular flexibility index (Phi) is 4.04. The number of nitrogens with one attached hydrogen (secondary N) is 2. The third-order valence-corrected chi connectivity index (χ3v) is 3.13. The van der Waals surface area contributed by atoms with Gasteiger partial charge in [-0.2, -0.15) is 0 Å². The zero-order valence-electron chi connectivity index (χ0n) is 9.67. The van der Waals surface area contributed by atoms with Gasteiger partial charge in [-0.05, 0) is 24.1 Å². The fourth-order valence-corrected chi connectivity index (χ4v) is 1.95. The average Bonchev–Trinajstić information content (AvgIpc) is 2.37. The number of aliphatic hydroxyl groups is 1. The van der Waals surface area contributed by atoms with Crippen LogP contribution in [0.2, 0.25) is 0 Å². The second-order valence-electron chi connectivity index (χ2n) is 4.23. The third-order valence-electron chi connectivity index (χ3n) is 2.78. The minimum absolute atomic E-state index is 0.122. The van der Waals surface area contributed by atoms with Crippen molar-refractivity contribution in [3.8, 4) is 0 Å². The molecule has 0 bridgehead atoms. The molecular weight excluding hydrogens is 259 g/mol. The van der Waals surface area contributed by atoms with Crippen LogP contribution in [0, 0.1) is 5.82 Å². The van der Waals surface area contributed by atoms with Gasteiger partial charge in [-0.15, -0.1) is 11.6 Å². The molecule has 3 N–H and O–H groups in total. The van der Waals surface area contributed by atoms with E-state index in [1.807, 2.05) is 0 Å². The Morgan fingerprint density at radius 1 is 1.50 bits per heavy atom. The molecule has 98 valence electrons. The maximum absolute atomic E-state index is 13.8. The number of carbonyl (C=O) groups is 1. The second-order valence-corrected chi connectivity index (χ2v) is 4.54. The Hall–Kier alpha value is -1.33. The number of anilines is 2. The molecule has 0 spiro atoms. The number of alkyl halides is 1. The summed E-state index contributed by atoms with van der Waals surface area (Å²) in [5.74, 6) is -0.515. The SMILES string of the molecule is O=C1CCc2cc(NCC(O)CCl)cc(F)c2N1. The predicted octanol–water partition coefficient (Wildman–Crippen LogP) is 1.72. The first-order chi connectivity index (χ1) is 8.60. The van der Waals surface area contributed by atoms with Crippen LogP contribution in [0.5, 0.6) is 0 Å². The van der Waals surface area contributed by atoms with Crippen molar-refractivity contribution in [3.63, 3.8) is 0 Å². The van der Waals surface area contributed by atoms with E-state index in [1.165, 1.54) is 6.07 Å². The minimum Gasteiger partial charge on any atom is -0.390 e. The highest BCUT2D eigenvalue weighted by molar-refractivity contribution is 6.18. The molecule has 0 radical (unpaired) electrons. The molecule has 0 aliphatic carbocycles. The van der Waals surface area contributed by atoms with Gasteiger partial charge in [0.25, 0.3) is 0 Å². The highest BCUT2D eigenvalue weighted by Gasteiger charge is 2.19. The van der Waals surface area contributed by atoms with Crippen molar-refractivity contribution >= 4 is 28.9 Å². The summed E-state index contributed by atoms with van der Waals surface area (Å²) < 4.78 is 13.8. The monoisotopic (exact) mass is 272 g/mol. The Morgan fingerprint density at radius 3 is 3.00 bits per heavy atom. The molecule has 1 heterocycles. The Balaban J connectivity index is 2.15. The minimum atomic E-state index is -0.675. The van der Waals surface area contributed by atoms with Crippen LogP contribution in [0.25, 0.3) is 0 Å². The molecule has 1 amide bonds. The lowest BCUT2D eigenvalue weighted by Gasteiger charge is -2.19. The van der Waals surface area contributed by atoms with Gasteiger partial charge < -0.3 is 15.7 Å². The first-order valence-electron chi connectivity index (χ1n) is 5.70. The van der Waals surface area contributed by atoms with Crippen molar-refractivity contribution < 1.29 is 14.3 Å². The first-order valence-corrected chi connectivity index (χ1v) is 6.23. The van der Waals surface area contributed by atoms with Gasteiger partial charge in [-0.1, -0.05) is 0 Å². The molecule has 0 aromatic heterocycles. The van der Waals surface area contributed by atoms with E-state index in [0.717, 1.165) is 5.56 Å². The summed E-state index contributed by atoms with van der Waals surface area (Å²) >= 11 is 5.47. The van der Waals surface area contributed by atoms with E-state index in [1.54, 1.807) is 6.07 Å². The van der Waals surface area contributed by atoms with Gasteiger partial charge >= 0.3 is 0 Å². The normalized spacial score (nSPS) is 15.8. The Bertz CT molecular complexity index is 468. The smallest absolute Gasteiger partial charge is 0.224 e. The Labute approximate surface area is 109 Å². The van der Waals surface area contributed by atoms with Crippen LogP contribution < -0.4 is 10.6 Å². The van der Waals surface area contributed by atoms with Crippen LogP contribution in [0.4, 0.5) is 15.8 Å². The van der Waals surface area contributed by atoms with Gasteiger partial charge in [0.2, 0.25) is 5.91 Å². The van der Waals surface area contributed by atoms with E-state index in [9.17, 15) is 14.3 Å². The second kappa shape index (κ2) is 5.54. The van der Waals surface area contributed by atoms with Gasteiger partial charge in [0.05, 0.1) is 17.7 Å². The topological polar surface area (TPSA) is 61.4 Å². The first kappa shape index (κ1) is 13.1. The van der Waals surface area contributed by atoms with Crippen LogP contribution in [-0.2, 0) is 11.2 Å². The fraction of sp³-hybridized carbons (Fsp3) is 0.417. The summed E-state index contributed by atoms with van der Waals surface area (Å²) in [7, 11) is 0. The van der Waals surface area contributed by atoms with Crippen molar-refractivity contribution in [2.24, 2.45) is 0 Å². The van der Waals surface area contributed by atoms with Crippen LogP contribution in [0.1, 0.15) is 12.0 Å². The summed E-state index contributed by atoms with van der Waals surface area (Å²) in [5.41, 5.74) is 1.60. The van der Waals surface area contributed by atoms with E-state index in [0.29, 0.717) is 18.5 Å². The van der Waals surface area contributed by atoms with Crippen molar-refractivity contribution in [3.05, 3.63) is 23.5 Å². The maximum atomic E-state index is 13.8. The van der Waals surface area contributed by atoms with Crippen molar-refractivity contribution in [1.29, 1.82) is 0 Å². The molecule has 4 nitrogen and oxygen atoms in total. The molecule has 1 atom stereocenters. The molecule has 0 fully saturated rings. The van der Waals surface area contributed by atoms with Gasteiger partial charge in [-0.3, -0.25) is 4.79 Å². The number of amides is 1. The quantitative estimate of drug-likeness (QED) is 0.732. The highest BCUT2D eigenvalue weighted by Crippen LogP contribution is 2.29. The third kappa shape index (κ3) is 2.91. The van der Waals surface area contributed by atoms with Crippen LogP contribution in [-0.4, -0.2) is 29.5 Å². The molecule has 0 saturated carbocycles. The maximum Gasteiger partial charge on any atom is 0.224 e. The summed E-state index contributed by atoms with van der Waals surface area (Å²) in [4.78, 5) is 11.2. The summed E-state index contributed by atoms with van der Waals surface area (Å²) in [6.45, 7) is 0.258. The van der Waals surface area contributed by atoms with E-state index in [4.69, 9.17) is 11.6 Å². The predicted molar refractivity (Wildman–Crippen MR) is 68.6 cm³/mol. The van der Waals surface area contributed by atoms with Crippen LogP contribution in [0.3, 0.4) is 0 Å². The molecular formula is C12H14ClFN2O2. The molecule has 18 heavy (non-hydrogen) atoms. The van der Waals surface area contributed by atoms with E-state index in [2.05, 4.69) is 10.6 Å². The van der Waals surface area contributed by atoms with Gasteiger partial charge in [-0.25, -0.2) is 4.39 Å². The molecule has 1 aliphatic heterocycles. The number of aryl methyl sites for hydroxylation is 1. The van der Waals surface area contributed by atoms with E-state index in [-0.39, 0.29) is 24.0 Å². The standard InChI is InChI=1S/C12H14ClFN2O2/c13-5-9(17)6-15-8-3-7-1-2-11(18)16-12(7)10(14)4-8/h3-4,9,15,17H,1-2,5-6H2,(H,16,18). The van der Waals surface area contributed by atoms with Gasteiger partial charge in [0.1, 0.15) is 5.82 Å². The number of aliphatic hydroxyl groups excluding tert-OH is 1. The number of halogens is 2. The number of carbonyl (C=O) groups excluding carboxylic acids is 1. The van der Waals surface area contributed by atoms with Gasteiger partial charge in [0, 0.05) is 18.7 Å². The summed E-state index contributed by atoms with van der Waals surface area (Å²) in [6.07, 6.45) is 0.205. The molecule has 2 rings (SSSR count). The summed E-state index contributed by atoms with van der Waals surface area (Å²) in [5, 5.41) is 14.7. The van der Waals surface area contributed by atoms with E-state index >= 15 is 0 Å². The number of benzene rings is 1. The molecule has 1 aliphatic rings. The van der Waals surface area contributed by atoms with Gasteiger partial charge in [0.15, 0.2) is 0 Å². The van der Waals surface area contributed by atoms with Crippen LogP contribution in [0.15, 0.2) is 12.1 Å². The molecule has 6 heteroatoms. The van der Waals surface area contributed by atoms with E-state index < -0.39 is 11.9 Å². The molecule has 0 saturated heterocycles. The van der Waals surface area contributed by atoms with Crippen molar-refractivity contribution in [1.82, 2.24) is 0 Å². The molecule has 1 aromatic carbocycles. The van der Waals surface area contributed by atoms with Crippen molar-refractivity contribution in [2.75, 3.05) is 23.1 Å². The fourth-order valence-electron chi connectivity index (χ4n) is 1.84. The number of rotatable bonds is 4. The van der Waals surface area contributed by atoms with Crippen LogP contribution >= 0.6 is 11.6 Å². The average molecular weight is 273 g/mol. The number of fused-ring (bicyclic) bond motifs is 1. The number of hydrogen-bond donors (Lipinski definition) is 3. The lowest BCUT2D eigenvalue weighted by molar-refractivity contribution is -0.116. The largest absolute Gasteiger partial charge is 0.390 e. The highest BCUT2D eigenvalue weighted by atomic mass is 35.5. The zero-order chi connectivity index (χ0) is 13.1. The lowest BCUT2D eigenvalue weighted by atomic mass is 10.0. The lowest BCUT2D eigenvalue weighted by Crippen LogP contribution is -2.22.